The number of aryl methyl sites for hydroxylation is 2. The van der Waals surface area contributed by atoms with Crippen LogP contribution in [0.2, 0.25) is 0 Å². The first kappa shape index (κ1) is 20.1. The van der Waals surface area contributed by atoms with Crippen LogP contribution in [0.25, 0.3) is 0 Å². The van der Waals surface area contributed by atoms with Gasteiger partial charge in [0, 0.05) is 0 Å². The zero-order valence-electron chi connectivity index (χ0n) is 16.1. The first-order valence-corrected chi connectivity index (χ1v) is 10.3. The van der Waals surface area contributed by atoms with Crippen LogP contribution in [0, 0.1) is 0 Å². The van der Waals surface area contributed by atoms with E-state index in [9.17, 15) is 10.2 Å². The number of rotatable bonds is 4. The van der Waals surface area contributed by atoms with Crippen molar-refractivity contribution in [2.24, 2.45) is 0 Å². The second-order valence-corrected chi connectivity index (χ2v) is 7.71. The molecule has 0 saturated carbocycles. The third kappa shape index (κ3) is 6.46. The van der Waals surface area contributed by atoms with Crippen LogP contribution in [0.5, 0.6) is 0 Å². The first-order chi connectivity index (χ1) is 13.2. The molecule has 0 aliphatic heterocycles. The lowest BCUT2D eigenvalue weighted by molar-refractivity contribution is 0.00729. The molecule has 0 fully saturated rings. The molecule has 2 aliphatic carbocycles. The van der Waals surface area contributed by atoms with Gasteiger partial charge in [-0.1, -0.05) is 61.4 Å². The zero-order chi connectivity index (χ0) is 18.9. The van der Waals surface area contributed by atoms with Crippen LogP contribution in [0.1, 0.15) is 60.8 Å². The standard InChI is InChI=1S/C24H32O3/c25-23-12-6-4-8-19-14-15-21(11-5-7-13-24(23)26)22(16-19)18-27-17-20-9-2-1-3-10-20/h1-3,9-10,14-16,23-26H,4-8,11-13,17-18H2. The van der Waals surface area contributed by atoms with Gasteiger partial charge in [-0.15, -0.1) is 0 Å². The Hall–Kier alpha value is -1.68. The lowest BCUT2D eigenvalue weighted by atomic mass is 9.94. The molecule has 0 radical (unpaired) electrons. The van der Waals surface area contributed by atoms with Crippen molar-refractivity contribution in [3.05, 3.63) is 70.8 Å². The summed E-state index contributed by atoms with van der Waals surface area (Å²) in [6.45, 7) is 1.27. The number of hydrogen-bond donors (Lipinski definition) is 2. The molecule has 2 atom stereocenters. The van der Waals surface area contributed by atoms with Gasteiger partial charge in [-0.05, 0) is 60.8 Å². The van der Waals surface area contributed by atoms with Gasteiger partial charge in [-0.25, -0.2) is 0 Å². The van der Waals surface area contributed by atoms with E-state index in [1.54, 1.807) is 0 Å². The topological polar surface area (TPSA) is 49.7 Å². The molecule has 2 aromatic rings. The molecule has 27 heavy (non-hydrogen) atoms. The molecule has 2 bridgehead atoms. The Kier molecular flexibility index (Phi) is 7.88. The molecule has 4 rings (SSSR count). The van der Waals surface area contributed by atoms with Crippen LogP contribution in [0.4, 0.5) is 0 Å². The fourth-order valence-corrected chi connectivity index (χ4v) is 3.80. The highest BCUT2D eigenvalue weighted by Gasteiger charge is 2.16. The van der Waals surface area contributed by atoms with Crippen LogP contribution >= 0.6 is 0 Å². The molecule has 0 amide bonds. The molecule has 2 N–H and O–H groups in total. The smallest absolute Gasteiger partial charge is 0.0799 e. The second-order valence-electron chi connectivity index (χ2n) is 7.71. The number of aliphatic hydroxyl groups excluding tert-OH is 2. The van der Waals surface area contributed by atoms with E-state index in [1.165, 1.54) is 22.3 Å². The number of fused-ring (bicyclic) bond motifs is 11. The molecule has 2 unspecified atom stereocenters. The Labute approximate surface area is 163 Å². The largest absolute Gasteiger partial charge is 0.390 e. The lowest BCUT2D eigenvalue weighted by Gasteiger charge is -2.19. The second kappa shape index (κ2) is 10.6. The quantitative estimate of drug-likeness (QED) is 0.831. The minimum Gasteiger partial charge on any atom is -0.390 e. The number of benzene rings is 2. The maximum atomic E-state index is 10.1. The molecule has 0 aromatic heterocycles. The van der Waals surface area contributed by atoms with Crippen molar-refractivity contribution < 1.29 is 14.9 Å². The van der Waals surface area contributed by atoms with Crippen LogP contribution < -0.4 is 0 Å². The van der Waals surface area contributed by atoms with E-state index in [-0.39, 0.29) is 0 Å². The molecule has 0 spiro atoms. The third-order valence-electron chi connectivity index (χ3n) is 5.50. The van der Waals surface area contributed by atoms with E-state index in [0.29, 0.717) is 26.1 Å². The fraction of sp³-hybridized carbons (Fsp3) is 0.500. The summed E-state index contributed by atoms with van der Waals surface area (Å²) in [6.07, 6.45) is 6.15. The Morgan fingerprint density at radius 2 is 1.48 bits per heavy atom. The van der Waals surface area contributed by atoms with E-state index in [2.05, 4.69) is 30.3 Å². The van der Waals surface area contributed by atoms with Crippen molar-refractivity contribution in [3.63, 3.8) is 0 Å². The summed E-state index contributed by atoms with van der Waals surface area (Å²) < 4.78 is 6.00. The molecule has 3 nitrogen and oxygen atoms in total. The van der Waals surface area contributed by atoms with Crippen molar-refractivity contribution in [1.29, 1.82) is 0 Å². The molecule has 2 aromatic carbocycles. The summed E-state index contributed by atoms with van der Waals surface area (Å²) in [5.41, 5.74) is 5.18. The van der Waals surface area contributed by atoms with Gasteiger partial charge in [0.05, 0.1) is 25.4 Å². The Morgan fingerprint density at radius 3 is 2.22 bits per heavy atom. The fourth-order valence-electron chi connectivity index (χ4n) is 3.80. The highest BCUT2D eigenvalue weighted by Crippen LogP contribution is 2.21. The van der Waals surface area contributed by atoms with Gasteiger partial charge in [0.25, 0.3) is 0 Å². The predicted molar refractivity (Wildman–Crippen MR) is 109 cm³/mol. The highest BCUT2D eigenvalue weighted by molar-refractivity contribution is 5.32. The summed E-state index contributed by atoms with van der Waals surface area (Å²) in [7, 11) is 0. The molecule has 3 heteroatoms. The number of ether oxygens (including phenoxy) is 1. The predicted octanol–water partition coefficient (Wildman–Crippen LogP) is 4.56. The summed E-state index contributed by atoms with van der Waals surface area (Å²) in [4.78, 5) is 0. The monoisotopic (exact) mass is 368 g/mol. The van der Waals surface area contributed by atoms with Gasteiger partial charge < -0.3 is 14.9 Å². The van der Waals surface area contributed by atoms with Gasteiger partial charge in [0.2, 0.25) is 0 Å². The number of hydrogen-bond acceptors (Lipinski definition) is 3. The summed E-state index contributed by atoms with van der Waals surface area (Å²) in [5, 5.41) is 20.1. The molecular formula is C24H32O3. The molecule has 0 saturated heterocycles. The normalized spacial score (nSPS) is 21.7. The van der Waals surface area contributed by atoms with Crippen LogP contribution in [-0.4, -0.2) is 22.4 Å². The first-order valence-electron chi connectivity index (χ1n) is 10.3. The third-order valence-corrected chi connectivity index (χ3v) is 5.50. The Morgan fingerprint density at radius 1 is 0.778 bits per heavy atom. The minimum absolute atomic E-state index is 0.573. The molecule has 2 aliphatic rings. The minimum atomic E-state index is -0.581. The van der Waals surface area contributed by atoms with Crippen LogP contribution in [0.15, 0.2) is 48.5 Å². The highest BCUT2D eigenvalue weighted by atomic mass is 16.5. The van der Waals surface area contributed by atoms with Crippen LogP contribution in [-0.2, 0) is 30.8 Å². The van der Waals surface area contributed by atoms with Gasteiger partial charge in [-0.2, -0.15) is 0 Å². The number of aliphatic hydroxyl groups is 2. The van der Waals surface area contributed by atoms with Crippen molar-refractivity contribution in [3.8, 4) is 0 Å². The van der Waals surface area contributed by atoms with Crippen molar-refractivity contribution in [2.45, 2.75) is 76.8 Å². The summed E-state index contributed by atoms with van der Waals surface area (Å²) in [5.74, 6) is 0. The van der Waals surface area contributed by atoms with E-state index >= 15 is 0 Å². The molecule has 146 valence electrons. The van der Waals surface area contributed by atoms with Crippen molar-refractivity contribution in [2.75, 3.05) is 0 Å². The van der Waals surface area contributed by atoms with E-state index in [0.717, 1.165) is 38.5 Å². The average Bonchev–Trinajstić information content (AvgIpc) is 2.69. The average molecular weight is 369 g/mol. The lowest BCUT2D eigenvalue weighted by Crippen LogP contribution is -2.25. The van der Waals surface area contributed by atoms with Crippen molar-refractivity contribution >= 4 is 0 Å². The molecule has 0 heterocycles. The maximum absolute atomic E-state index is 10.1. The maximum Gasteiger partial charge on any atom is 0.0799 e. The molecular weight excluding hydrogens is 336 g/mol. The van der Waals surface area contributed by atoms with Crippen LogP contribution in [0.3, 0.4) is 0 Å². The van der Waals surface area contributed by atoms with Gasteiger partial charge in [0.1, 0.15) is 0 Å². The van der Waals surface area contributed by atoms with E-state index in [1.807, 2.05) is 18.2 Å². The van der Waals surface area contributed by atoms with Crippen molar-refractivity contribution in [1.82, 2.24) is 0 Å². The van der Waals surface area contributed by atoms with E-state index in [4.69, 9.17) is 4.74 Å². The summed E-state index contributed by atoms with van der Waals surface area (Å²) in [6, 6.07) is 17.1. The summed E-state index contributed by atoms with van der Waals surface area (Å²) >= 11 is 0. The SMILES string of the molecule is OC1CCCCc2ccc(c(COCc3ccccc3)c2)CCCCC1O. The Bertz CT molecular complexity index is 683. The van der Waals surface area contributed by atoms with E-state index < -0.39 is 12.2 Å². The van der Waals surface area contributed by atoms with Gasteiger partial charge >= 0.3 is 0 Å². The Balaban J connectivity index is 1.64. The zero-order valence-corrected chi connectivity index (χ0v) is 16.1. The van der Waals surface area contributed by atoms with Gasteiger partial charge in [0.15, 0.2) is 0 Å². The van der Waals surface area contributed by atoms with Gasteiger partial charge in [-0.3, -0.25) is 0 Å².